The Hall–Kier alpha value is -2.41. The molecule has 2 atom stereocenters. The Bertz CT molecular complexity index is 865. The molecule has 0 spiro atoms. The highest BCUT2D eigenvalue weighted by Crippen LogP contribution is 2.28. The molecular weight excluding hydrogens is 376 g/mol. The Morgan fingerprint density at radius 1 is 1.00 bits per heavy atom. The summed E-state index contributed by atoms with van der Waals surface area (Å²) < 4.78 is 0. The van der Waals surface area contributed by atoms with Crippen molar-refractivity contribution in [2.24, 2.45) is 0 Å². The number of rotatable bonds is 4. The van der Waals surface area contributed by atoms with E-state index in [1.54, 1.807) is 24.3 Å². The lowest BCUT2D eigenvalue weighted by Gasteiger charge is -2.15. The third-order valence-electron chi connectivity index (χ3n) is 5.29. The third-order valence-corrected chi connectivity index (χ3v) is 5.64. The third kappa shape index (κ3) is 4.04. The minimum absolute atomic E-state index is 0.0232. The number of nitrogens with zero attached hydrogens (tertiary/aromatic N) is 1. The topological polar surface area (TPSA) is 73.5 Å². The molecule has 28 heavy (non-hydrogen) atoms. The van der Waals surface area contributed by atoms with Gasteiger partial charge in [0.25, 0.3) is 5.91 Å². The van der Waals surface area contributed by atoms with Crippen LogP contribution in [0.25, 0.3) is 0 Å². The van der Waals surface area contributed by atoms with Gasteiger partial charge >= 0.3 is 0 Å². The Morgan fingerprint density at radius 3 is 2.43 bits per heavy atom. The molecule has 4 rings (SSSR count). The van der Waals surface area contributed by atoms with Crippen LogP contribution in [-0.2, 0) is 4.79 Å². The van der Waals surface area contributed by atoms with Crippen molar-refractivity contribution in [3.05, 3.63) is 64.7 Å². The highest BCUT2D eigenvalue weighted by molar-refractivity contribution is 6.31. The maximum Gasteiger partial charge on any atom is 0.253 e. The highest BCUT2D eigenvalue weighted by Gasteiger charge is 2.31. The molecule has 0 bridgehead atoms. The van der Waals surface area contributed by atoms with Gasteiger partial charge in [-0.1, -0.05) is 29.8 Å². The van der Waals surface area contributed by atoms with Gasteiger partial charge in [-0.3, -0.25) is 9.59 Å². The van der Waals surface area contributed by atoms with Crippen molar-refractivity contribution in [3.63, 3.8) is 0 Å². The van der Waals surface area contributed by atoms with E-state index in [0.717, 1.165) is 31.5 Å². The largest absolute Gasteiger partial charge is 0.339 e. The van der Waals surface area contributed by atoms with E-state index in [2.05, 4.69) is 16.2 Å². The van der Waals surface area contributed by atoms with Gasteiger partial charge in [-0.2, -0.15) is 0 Å². The number of carbonyl (C=O) groups excluding carboxylic acids is 2. The number of carbonyl (C=O) groups is 2. The molecule has 0 aromatic heterocycles. The molecule has 2 heterocycles. The van der Waals surface area contributed by atoms with E-state index in [4.69, 9.17) is 11.6 Å². The van der Waals surface area contributed by atoms with E-state index in [0.29, 0.717) is 22.7 Å². The van der Waals surface area contributed by atoms with Crippen LogP contribution in [0.15, 0.2) is 48.5 Å². The number of hydrazine groups is 1. The maximum atomic E-state index is 12.6. The van der Waals surface area contributed by atoms with Crippen molar-refractivity contribution < 1.29 is 9.59 Å². The van der Waals surface area contributed by atoms with Crippen LogP contribution in [0.4, 0.5) is 5.69 Å². The lowest BCUT2D eigenvalue weighted by Crippen LogP contribution is -2.39. The number of hydrogen-bond donors (Lipinski definition) is 3. The zero-order valence-corrected chi connectivity index (χ0v) is 16.2. The number of halogens is 1. The van der Waals surface area contributed by atoms with Crippen LogP contribution in [0.2, 0.25) is 5.02 Å². The van der Waals surface area contributed by atoms with Crippen LogP contribution in [-0.4, -0.2) is 35.8 Å². The van der Waals surface area contributed by atoms with E-state index in [1.165, 1.54) is 0 Å². The summed E-state index contributed by atoms with van der Waals surface area (Å²) in [7, 11) is 0. The van der Waals surface area contributed by atoms with Crippen molar-refractivity contribution in [2.45, 2.75) is 31.3 Å². The van der Waals surface area contributed by atoms with Gasteiger partial charge < -0.3 is 10.2 Å². The quantitative estimate of drug-likeness (QED) is 0.739. The monoisotopic (exact) mass is 398 g/mol. The smallest absolute Gasteiger partial charge is 0.253 e. The van der Waals surface area contributed by atoms with Gasteiger partial charge in [0.15, 0.2) is 0 Å². The molecular formula is C21H23ClN4O2. The fourth-order valence-corrected chi connectivity index (χ4v) is 3.99. The molecule has 2 amide bonds. The average Bonchev–Trinajstić information content (AvgIpc) is 3.41. The lowest BCUT2D eigenvalue weighted by atomic mass is 10.0. The van der Waals surface area contributed by atoms with Gasteiger partial charge in [0, 0.05) is 35.4 Å². The first-order valence-electron chi connectivity index (χ1n) is 9.57. The summed E-state index contributed by atoms with van der Waals surface area (Å²) in [4.78, 5) is 26.9. The molecule has 2 aromatic rings. The number of anilines is 1. The van der Waals surface area contributed by atoms with E-state index >= 15 is 0 Å². The first-order valence-corrected chi connectivity index (χ1v) is 9.95. The molecule has 6 nitrogen and oxygen atoms in total. The molecule has 2 saturated heterocycles. The molecule has 2 unspecified atom stereocenters. The molecule has 3 N–H and O–H groups in total. The predicted molar refractivity (Wildman–Crippen MR) is 109 cm³/mol. The summed E-state index contributed by atoms with van der Waals surface area (Å²) in [5.74, 6) is -0.0692. The molecule has 0 saturated carbocycles. The SMILES string of the molecule is O=C(Nc1ccc(C(=O)N2CCCC2)cc1)C1CC(c2ccccc2Cl)NN1. The molecule has 2 fully saturated rings. The van der Waals surface area contributed by atoms with Crippen molar-refractivity contribution >= 4 is 29.1 Å². The zero-order chi connectivity index (χ0) is 19.5. The molecule has 7 heteroatoms. The molecule has 146 valence electrons. The molecule has 0 radical (unpaired) electrons. The van der Waals surface area contributed by atoms with Gasteiger partial charge in [0.2, 0.25) is 5.91 Å². The van der Waals surface area contributed by atoms with Gasteiger partial charge in [-0.25, -0.2) is 10.9 Å². The number of benzene rings is 2. The summed E-state index contributed by atoms with van der Waals surface area (Å²) in [6, 6.07) is 14.3. The van der Waals surface area contributed by atoms with Crippen LogP contribution in [0.5, 0.6) is 0 Å². The molecule has 0 aliphatic carbocycles. The van der Waals surface area contributed by atoms with Crippen LogP contribution in [0.1, 0.15) is 41.2 Å². The van der Waals surface area contributed by atoms with Crippen LogP contribution < -0.4 is 16.2 Å². The molecule has 2 aliphatic heterocycles. The summed E-state index contributed by atoms with van der Waals surface area (Å²) >= 11 is 6.25. The minimum atomic E-state index is -0.368. The van der Waals surface area contributed by atoms with Crippen molar-refractivity contribution in [3.8, 4) is 0 Å². The maximum absolute atomic E-state index is 12.6. The Kier molecular flexibility index (Phi) is 5.62. The molecule has 2 aromatic carbocycles. The minimum Gasteiger partial charge on any atom is -0.339 e. The zero-order valence-electron chi connectivity index (χ0n) is 15.5. The lowest BCUT2D eigenvalue weighted by molar-refractivity contribution is -0.117. The van der Waals surface area contributed by atoms with Gasteiger partial charge in [0.05, 0.1) is 0 Å². The van der Waals surface area contributed by atoms with E-state index in [-0.39, 0.29) is 23.9 Å². The predicted octanol–water partition coefficient (Wildman–Crippen LogP) is 3.12. The number of amides is 2. The Balaban J connectivity index is 1.35. The van der Waals surface area contributed by atoms with E-state index in [1.807, 2.05) is 29.2 Å². The average molecular weight is 399 g/mol. The first-order chi connectivity index (χ1) is 13.6. The van der Waals surface area contributed by atoms with E-state index < -0.39 is 0 Å². The summed E-state index contributed by atoms with van der Waals surface area (Å²) in [6.07, 6.45) is 2.73. The van der Waals surface area contributed by atoms with Crippen LogP contribution >= 0.6 is 11.6 Å². The number of nitrogens with one attached hydrogen (secondary N) is 3. The summed E-state index contributed by atoms with van der Waals surface area (Å²) in [6.45, 7) is 1.65. The van der Waals surface area contributed by atoms with Gasteiger partial charge in [-0.05, 0) is 55.2 Å². The first kappa shape index (κ1) is 18.9. The summed E-state index contributed by atoms with van der Waals surface area (Å²) in [5.41, 5.74) is 8.47. The molecule has 2 aliphatic rings. The van der Waals surface area contributed by atoms with E-state index in [9.17, 15) is 9.59 Å². The number of hydrogen-bond acceptors (Lipinski definition) is 4. The van der Waals surface area contributed by atoms with Crippen molar-refractivity contribution in [1.29, 1.82) is 0 Å². The van der Waals surface area contributed by atoms with Crippen LogP contribution in [0, 0.1) is 0 Å². The summed E-state index contributed by atoms with van der Waals surface area (Å²) in [5, 5.41) is 3.59. The second kappa shape index (κ2) is 8.31. The van der Waals surface area contributed by atoms with Gasteiger partial charge in [0.1, 0.15) is 6.04 Å². The van der Waals surface area contributed by atoms with Crippen molar-refractivity contribution in [1.82, 2.24) is 15.8 Å². The Morgan fingerprint density at radius 2 is 1.71 bits per heavy atom. The normalized spacial score (nSPS) is 21.7. The van der Waals surface area contributed by atoms with Crippen molar-refractivity contribution in [2.75, 3.05) is 18.4 Å². The van der Waals surface area contributed by atoms with Gasteiger partial charge in [-0.15, -0.1) is 0 Å². The van der Waals surface area contributed by atoms with Crippen LogP contribution in [0.3, 0.4) is 0 Å². The standard InChI is InChI=1S/C21H23ClN4O2/c22-17-6-2-1-5-16(17)18-13-19(25-24-18)20(27)23-15-9-7-14(8-10-15)21(28)26-11-3-4-12-26/h1-2,5-10,18-19,24-25H,3-4,11-13H2,(H,23,27). The number of likely N-dealkylation sites (tertiary alicyclic amines) is 1. The second-order valence-corrected chi connectivity index (χ2v) is 7.62. The second-order valence-electron chi connectivity index (χ2n) is 7.22. The fraction of sp³-hybridized carbons (Fsp3) is 0.333. The highest BCUT2D eigenvalue weighted by atomic mass is 35.5. The Labute approximate surface area is 169 Å². The fourth-order valence-electron chi connectivity index (χ4n) is 3.72.